The number of esters is 2. The zero-order valence-electron chi connectivity index (χ0n) is 57.5. The van der Waals surface area contributed by atoms with Crippen molar-refractivity contribution < 1.29 is 42.1 Å². The Labute approximate surface area is 552 Å². The molecule has 0 aromatic carbocycles. The van der Waals surface area contributed by atoms with E-state index in [1.54, 1.807) is 0 Å². The second-order valence-electron chi connectivity index (χ2n) is 23.8. The van der Waals surface area contributed by atoms with Crippen LogP contribution in [0.1, 0.15) is 245 Å². The van der Waals surface area contributed by atoms with E-state index in [1.807, 2.05) is 21.1 Å². The zero-order chi connectivity index (χ0) is 65.5. The van der Waals surface area contributed by atoms with Gasteiger partial charge in [0.25, 0.3) is 0 Å². The third-order valence-electron chi connectivity index (χ3n) is 14.1. The fourth-order valence-corrected chi connectivity index (χ4v) is 9.55. The lowest BCUT2D eigenvalue weighted by Gasteiger charge is -2.24. The Balaban J connectivity index is 4.19. The second kappa shape index (κ2) is 68.2. The number of likely N-dealkylation sites (N-methyl/N-ethyl adjacent to an activating group) is 1. The molecular formula is C80H129NO8P+. The molecule has 0 aliphatic carbocycles. The quantitative estimate of drug-likeness (QED) is 0.0211. The van der Waals surface area contributed by atoms with Gasteiger partial charge in [-0.05, 0) is 141 Å². The molecule has 90 heavy (non-hydrogen) atoms. The van der Waals surface area contributed by atoms with E-state index in [0.29, 0.717) is 17.4 Å². The van der Waals surface area contributed by atoms with Gasteiger partial charge < -0.3 is 18.9 Å². The fourth-order valence-electron chi connectivity index (χ4n) is 8.81. The molecule has 1 N–H and O–H groups in total. The molecule has 0 saturated heterocycles. The smallest absolute Gasteiger partial charge is 0.462 e. The largest absolute Gasteiger partial charge is 0.472 e. The van der Waals surface area contributed by atoms with Gasteiger partial charge in [0, 0.05) is 12.8 Å². The van der Waals surface area contributed by atoms with Crippen LogP contribution >= 0.6 is 7.82 Å². The third-order valence-corrected chi connectivity index (χ3v) is 15.1. The topological polar surface area (TPSA) is 108 Å². The predicted molar refractivity (Wildman–Crippen MR) is 389 cm³/mol. The lowest BCUT2D eigenvalue weighted by molar-refractivity contribution is -0.870. The molecule has 0 aromatic rings. The fraction of sp³-hybridized carbons (Fsp3) is 0.575. The first kappa shape index (κ1) is 84.8. The molecule has 0 saturated carbocycles. The minimum Gasteiger partial charge on any atom is -0.462 e. The summed E-state index contributed by atoms with van der Waals surface area (Å²) in [7, 11) is 1.43. The minimum absolute atomic E-state index is 0.0158. The van der Waals surface area contributed by atoms with Gasteiger partial charge in [0.05, 0.1) is 27.7 Å². The number of nitrogens with zero attached hydrogens (tertiary/aromatic N) is 1. The normalized spacial score (nSPS) is 14.3. The van der Waals surface area contributed by atoms with Crippen LogP contribution in [0.4, 0.5) is 0 Å². The summed E-state index contributed by atoms with van der Waals surface area (Å²) in [5.41, 5.74) is 0. The van der Waals surface area contributed by atoms with E-state index in [0.717, 1.165) is 154 Å². The molecule has 506 valence electrons. The second-order valence-corrected chi connectivity index (χ2v) is 25.3. The Morgan fingerprint density at radius 1 is 0.344 bits per heavy atom. The van der Waals surface area contributed by atoms with Gasteiger partial charge in [-0.25, -0.2) is 4.57 Å². The summed E-state index contributed by atoms with van der Waals surface area (Å²) < 4.78 is 34.7. The number of rotatable bonds is 62. The molecule has 0 aliphatic heterocycles. The summed E-state index contributed by atoms with van der Waals surface area (Å²) in [6.07, 6.45) is 107. The summed E-state index contributed by atoms with van der Waals surface area (Å²) >= 11 is 0. The summed E-state index contributed by atoms with van der Waals surface area (Å²) in [6, 6.07) is 0. The molecule has 2 unspecified atom stereocenters. The molecule has 0 spiro atoms. The van der Waals surface area contributed by atoms with Gasteiger partial charge in [-0.1, -0.05) is 285 Å². The van der Waals surface area contributed by atoms with E-state index in [-0.39, 0.29) is 32.0 Å². The molecule has 10 heteroatoms. The molecule has 0 aliphatic rings. The first-order chi connectivity index (χ1) is 44.0. The van der Waals surface area contributed by atoms with Crippen LogP contribution in [0.3, 0.4) is 0 Å². The Morgan fingerprint density at radius 2 is 0.600 bits per heavy atom. The number of allylic oxidation sites excluding steroid dienone is 32. The molecule has 9 nitrogen and oxygen atoms in total. The molecular weight excluding hydrogens is 1130 g/mol. The third kappa shape index (κ3) is 71.9. The van der Waals surface area contributed by atoms with Crippen LogP contribution in [-0.2, 0) is 32.7 Å². The monoisotopic (exact) mass is 1260 g/mol. The Kier molecular flexibility index (Phi) is 64.3. The summed E-state index contributed by atoms with van der Waals surface area (Å²) in [6.45, 7) is 4.16. The van der Waals surface area contributed by atoms with E-state index in [9.17, 15) is 19.0 Å². The van der Waals surface area contributed by atoms with Crippen molar-refractivity contribution in [1.82, 2.24) is 0 Å². The maximum atomic E-state index is 12.9. The van der Waals surface area contributed by atoms with Gasteiger partial charge in [-0.15, -0.1) is 0 Å². The number of carbonyl (C=O) groups is 2. The zero-order valence-corrected chi connectivity index (χ0v) is 58.4. The maximum absolute atomic E-state index is 12.9. The summed E-state index contributed by atoms with van der Waals surface area (Å²) in [4.78, 5) is 35.9. The molecule has 0 aromatic heterocycles. The average Bonchev–Trinajstić information content (AvgIpc) is 3.62. The molecule has 0 rings (SSSR count). The van der Waals surface area contributed by atoms with Crippen molar-refractivity contribution in [3.63, 3.8) is 0 Å². The number of unbranched alkanes of at least 4 members (excludes halogenated alkanes) is 16. The van der Waals surface area contributed by atoms with Crippen LogP contribution in [0.2, 0.25) is 0 Å². The molecule has 0 heterocycles. The Bertz CT molecular complexity index is 2220. The number of quaternary nitrogens is 1. The van der Waals surface area contributed by atoms with Crippen molar-refractivity contribution in [2.45, 2.75) is 251 Å². The summed E-state index contributed by atoms with van der Waals surface area (Å²) in [5.74, 6) is -0.841. The van der Waals surface area contributed by atoms with E-state index < -0.39 is 26.5 Å². The van der Waals surface area contributed by atoms with Crippen LogP contribution in [-0.4, -0.2) is 74.9 Å². The highest BCUT2D eigenvalue weighted by Gasteiger charge is 2.27. The highest BCUT2D eigenvalue weighted by atomic mass is 31.2. The van der Waals surface area contributed by atoms with Gasteiger partial charge in [0.15, 0.2) is 6.10 Å². The molecule has 0 fully saturated rings. The van der Waals surface area contributed by atoms with Crippen molar-refractivity contribution in [3.8, 4) is 0 Å². The summed E-state index contributed by atoms with van der Waals surface area (Å²) in [5, 5.41) is 0. The van der Waals surface area contributed by atoms with Gasteiger partial charge >= 0.3 is 19.8 Å². The van der Waals surface area contributed by atoms with E-state index >= 15 is 0 Å². The minimum atomic E-state index is -4.41. The number of phosphoric ester groups is 1. The molecule has 0 bridgehead atoms. The lowest BCUT2D eigenvalue weighted by Crippen LogP contribution is -2.37. The van der Waals surface area contributed by atoms with Crippen LogP contribution in [0, 0.1) is 0 Å². The highest BCUT2D eigenvalue weighted by molar-refractivity contribution is 7.47. The van der Waals surface area contributed by atoms with E-state index in [4.69, 9.17) is 18.5 Å². The van der Waals surface area contributed by atoms with Crippen molar-refractivity contribution >= 4 is 19.8 Å². The van der Waals surface area contributed by atoms with Crippen LogP contribution in [0.25, 0.3) is 0 Å². The standard InChI is InChI=1S/C80H128NO8P/c1-6-8-10-12-14-16-18-20-22-24-26-28-30-32-33-34-35-36-37-38-39-40-41-42-43-44-45-46-47-49-51-53-55-57-59-61-63-65-67-69-71-73-80(83)89-78(77-88-90(84,85)87-75-74-81(3,4)5)76-86-79(82)72-70-68-66-64-62-60-58-56-54-52-50-48-31-29-27-25-23-21-19-17-15-13-11-9-7-2/h8-11,14-17,20-23,26-29,32-33,35-36,38-39,41-42,44-45,47,49,53,55,59,61,78H,6-7,12-13,18-19,24-25,30-31,34,37,40,43,46,48,50-52,54,56-58,60,62-77H2,1-5H3/p+1/b10-8-,11-9-,16-14-,17-15-,22-20-,23-21-,28-26-,29-27-,33-32-,36-35-,39-38-,42-41-,45-44-,49-47-,55-53-,61-59-. The highest BCUT2D eigenvalue weighted by Crippen LogP contribution is 2.43. The number of hydrogen-bond donors (Lipinski definition) is 1. The lowest BCUT2D eigenvalue weighted by atomic mass is 10.0. The Morgan fingerprint density at radius 3 is 0.889 bits per heavy atom. The van der Waals surface area contributed by atoms with Crippen LogP contribution < -0.4 is 0 Å². The van der Waals surface area contributed by atoms with E-state index in [1.165, 1.54) is 57.8 Å². The van der Waals surface area contributed by atoms with Crippen LogP contribution in [0.15, 0.2) is 194 Å². The van der Waals surface area contributed by atoms with Gasteiger partial charge in [-0.3, -0.25) is 18.6 Å². The van der Waals surface area contributed by atoms with Crippen molar-refractivity contribution in [2.24, 2.45) is 0 Å². The SMILES string of the molecule is CC/C=C\C/C=C\C/C=C\C/C=C\C/C=C\C/C=C\C/C=C\C/C=C\C/C=C\C/C=C\C/C=C\C/C=C\CCCCCCC(=O)OC(COC(=O)CCCCCCCCCCCCCC/C=C\C/C=C\C/C=C\C/C=C\CC)COP(=O)(O)OCC[N+](C)(C)C. The van der Waals surface area contributed by atoms with Crippen molar-refractivity contribution in [3.05, 3.63) is 194 Å². The predicted octanol–water partition coefficient (Wildman–Crippen LogP) is 23.3. The molecule has 0 radical (unpaired) electrons. The number of ether oxygens (including phenoxy) is 2. The van der Waals surface area contributed by atoms with E-state index in [2.05, 4.69) is 208 Å². The van der Waals surface area contributed by atoms with Gasteiger partial charge in [-0.2, -0.15) is 0 Å². The first-order valence-corrected chi connectivity index (χ1v) is 36.7. The van der Waals surface area contributed by atoms with Gasteiger partial charge in [0.1, 0.15) is 19.8 Å². The number of carbonyl (C=O) groups excluding carboxylic acids is 2. The van der Waals surface area contributed by atoms with Crippen molar-refractivity contribution in [1.29, 1.82) is 0 Å². The van der Waals surface area contributed by atoms with Gasteiger partial charge in [0.2, 0.25) is 0 Å². The number of phosphoric acid groups is 1. The van der Waals surface area contributed by atoms with Crippen LogP contribution in [0.5, 0.6) is 0 Å². The first-order valence-electron chi connectivity index (χ1n) is 35.2. The number of hydrogen-bond acceptors (Lipinski definition) is 7. The maximum Gasteiger partial charge on any atom is 0.472 e. The molecule has 2 atom stereocenters. The van der Waals surface area contributed by atoms with Crippen molar-refractivity contribution in [2.75, 3.05) is 47.5 Å². The average molecular weight is 1260 g/mol. The Hall–Kier alpha value is -5.15. The molecule has 0 amide bonds.